The summed E-state index contributed by atoms with van der Waals surface area (Å²) in [5, 5.41) is 9.46. The maximum Gasteiger partial charge on any atom is 0.0962 e. The zero-order valence-corrected chi connectivity index (χ0v) is 6.06. The van der Waals surface area contributed by atoms with E-state index in [1.807, 2.05) is 12.2 Å². The van der Waals surface area contributed by atoms with Gasteiger partial charge in [-0.1, -0.05) is 12.2 Å². The molecule has 0 saturated heterocycles. The smallest absolute Gasteiger partial charge is 0.0962 e. The van der Waals surface area contributed by atoms with E-state index >= 15 is 0 Å². The van der Waals surface area contributed by atoms with Gasteiger partial charge in [0.05, 0.1) is 11.5 Å². The number of hydrogen-bond donors (Lipinski definition) is 1. The second-order valence-electron chi connectivity index (χ2n) is 2.53. The van der Waals surface area contributed by atoms with Crippen LogP contribution in [-0.2, 0) is 0 Å². The van der Waals surface area contributed by atoms with Crippen molar-refractivity contribution in [2.24, 2.45) is 0 Å². The molecule has 1 aliphatic rings. The highest BCUT2D eigenvalue weighted by atomic mass is 35.5. The predicted octanol–water partition coefficient (Wildman–Crippen LogP) is 1.70. The first-order chi connectivity index (χ1) is 4.27. The third-order valence-electron chi connectivity index (χ3n) is 1.64. The van der Waals surface area contributed by atoms with Crippen LogP contribution in [0.5, 0.6) is 0 Å². The Kier molecular flexibility index (Phi) is 2.14. The second-order valence-corrected chi connectivity index (χ2v) is 2.80. The van der Waals surface area contributed by atoms with Crippen LogP contribution in [0.4, 0.5) is 0 Å². The van der Waals surface area contributed by atoms with E-state index in [-0.39, 0.29) is 0 Å². The lowest BCUT2D eigenvalue weighted by Crippen LogP contribution is -2.29. The monoisotopic (exact) mass is 146 g/mol. The van der Waals surface area contributed by atoms with Crippen LogP contribution >= 0.6 is 11.6 Å². The highest BCUT2D eigenvalue weighted by molar-refractivity contribution is 6.18. The van der Waals surface area contributed by atoms with Gasteiger partial charge in [-0.2, -0.15) is 0 Å². The van der Waals surface area contributed by atoms with E-state index in [0.29, 0.717) is 5.88 Å². The summed E-state index contributed by atoms with van der Waals surface area (Å²) in [6.07, 6.45) is 6.75. The summed E-state index contributed by atoms with van der Waals surface area (Å²) in [5.74, 6) is 0.323. The Balaban J connectivity index is 2.56. The molecule has 2 heteroatoms. The van der Waals surface area contributed by atoms with Crippen molar-refractivity contribution in [1.29, 1.82) is 0 Å². The van der Waals surface area contributed by atoms with Gasteiger partial charge in [0.1, 0.15) is 0 Å². The van der Waals surface area contributed by atoms with Crippen molar-refractivity contribution in [1.82, 2.24) is 0 Å². The summed E-state index contributed by atoms with van der Waals surface area (Å²) < 4.78 is 0. The van der Waals surface area contributed by atoms with Crippen LogP contribution in [0, 0.1) is 0 Å². The van der Waals surface area contributed by atoms with Crippen LogP contribution in [0.1, 0.15) is 19.3 Å². The molecule has 1 rings (SSSR count). The minimum absolute atomic E-state index is 0.323. The summed E-state index contributed by atoms with van der Waals surface area (Å²) >= 11 is 5.52. The van der Waals surface area contributed by atoms with E-state index in [2.05, 4.69) is 0 Å². The Bertz CT molecular complexity index is 122. The van der Waals surface area contributed by atoms with Crippen LogP contribution in [0.3, 0.4) is 0 Å². The minimum Gasteiger partial charge on any atom is -0.385 e. The maximum absolute atomic E-state index is 9.46. The molecule has 0 aromatic rings. The molecule has 1 nitrogen and oxygen atoms in total. The molecule has 1 atom stereocenters. The topological polar surface area (TPSA) is 20.2 Å². The first kappa shape index (κ1) is 7.10. The van der Waals surface area contributed by atoms with Gasteiger partial charge in [-0.25, -0.2) is 0 Å². The maximum atomic E-state index is 9.46. The average molecular weight is 147 g/mol. The number of rotatable bonds is 1. The molecule has 0 unspecified atom stereocenters. The predicted molar refractivity (Wildman–Crippen MR) is 38.7 cm³/mol. The number of aliphatic hydroxyl groups is 1. The number of halogens is 1. The lowest BCUT2D eigenvalue weighted by molar-refractivity contribution is 0.0983. The van der Waals surface area contributed by atoms with Gasteiger partial charge in [0.15, 0.2) is 0 Å². The zero-order chi connectivity index (χ0) is 6.74. The fourth-order valence-electron chi connectivity index (χ4n) is 1.02. The fraction of sp³-hybridized carbons (Fsp3) is 0.714. The molecule has 0 fully saturated rings. The Morgan fingerprint density at radius 1 is 1.67 bits per heavy atom. The molecular formula is C7H11ClO. The van der Waals surface area contributed by atoms with Gasteiger partial charge in [-0.15, -0.1) is 11.6 Å². The molecule has 0 aliphatic heterocycles. The number of alkyl halides is 1. The summed E-state index contributed by atoms with van der Waals surface area (Å²) in [4.78, 5) is 0. The van der Waals surface area contributed by atoms with Crippen molar-refractivity contribution < 1.29 is 5.11 Å². The summed E-state index contributed by atoms with van der Waals surface area (Å²) in [6, 6.07) is 0. The van der Waals surface area contributed by atoms with Crippen molar-refractivity contribution in [2.45, 2.75) is 24.9 Å². The van der Waals surface area contributed by atoms with Crippen molar-refractivity contribution in [3.63, 3.8) is 0 Å². The molecule has 0 spiro atoms. The van der Waals surface area contributed by atoms with E-state index in [9.17, 15) is 5.11 Å². The third-order valence-corrected chi connectivity index (χ3v) is 2.10. The Labute approximate surface area is 60.3 Å². The fourth-order valence-corrected chi connectivity index (χ4v) is 1.25. The molecule has 0 amide bonds. The third kappa shape index (κ3) is 1.70. The summed E-state index contributed by atoms with van der Waals surface area (Å²) in [7, 11) is 0. The SMILES string of the molecule is O[C@]1(CCl)C=CCCC1. The quantitative estimate of drug-likeness (QED) is 0.441. The van der Waals surface area contributed by atoms with Crippen molar-refractivity contribution in [2.75, 3.05) is 5.88 Å². The molecular weight excluding hydrogens is 136 g/mol. The standard InChI is InChI=1S/C7H11ClO/c8-6-7(9)4-2-1-3-5-7/h2,4,9H,1,3,5-6H2/t7-/m1/s1. The molecule has 52 valence electrons. The van der Waals surface area contributed by atoms with Gasteiger partial charge in [-0.3, -0.25) is 0 Å². The molecule has 0 saturated carbocycles. The van der Waals surface area contributed by atoms with Crippen LogP contribution in [0.15, 0.2) is 12.2 Å². The normalized spacial score (nSPS) is 34.9. The Morgan fingerprint density at radius 3 is 2.78 bits per heavy atom. The number of hydrogen-bond acceptors (Lipinski definition) is 1. The second kappa shape index (κ2) is 2.72. The highest BCUT2D eigenvalue weighted by Gasteiger charge is 2.23. The first-order valence-electron chi connectivity index (χ1n) is 3.23. The summed E-state index contributed by atoms with van der Waals surface area (Å²) in [6.45, 7) is 0. The molecule has 1 N–H and O–H groups in total. The van der Waals surface area contributed by atoms with E-state index in [1.165, 1.54) is 0 Å². The molecule has 0 radical (unpaired) electrons. The molecule has 0 bridgehead atoms. The van der Waals surface area contributed by atoms with E-state index < -0.39 is 5.60 Å². The molecule has 0 aromatic carbocycles. The average Bonchev–Trinajstić information content (AvgIpc) is 1.90. The highest BCUT2D eigenvalue weighted by Crippen LogP contribution is 2.22. The van der Waals surface area contributed by atoms with E-state index in [0.717, 1.165) is 19.3 Å². The lowest BCUT2D eigenvalue weighted by Gasteiger charge is -2.24. The molecule has 0 aromatic heterocycles. The van der Waals surface area contributed by atoms with Crippen LogP contribution in [-0.4, -0.2) is 16.6 Å². The van der Waals surface area contributed by atoms with Crippen molar-refractivity contribution in [3.05, 3.63) is 12.2 Å². The Hall–Kier alpha value is -0.0100. The van der Waals surface area contributed by atoms with Crippen molar-refractivity contribution in [3.8, 4) is 0 Å². The Morgan fingerprint density at radius 2 is 2.44 bits per heavy atom. The van der Waals surface area contributed by atoms with Crippen LogP contribution in [0.25, 0.3) is 0 Å². The van der Waals surface area contributed by atoms with Gasteiger partial charge in [0.2, 0.25) is 0 Å². The van der Waals surface area contributed by atoms with Gasteiger partial charge in [-0.05, 0) is 19.3 Å². The zero-order valence-electron chi connectivity index (χ0n) is 5.31. The summed E-state index contributed by atoms with van der Waals surface area (Å²) in [5.41, 5.74) is -0.695. The lowest BCUT2D eigenvalue weighted by atomic mass is 9.93. The molecule has 9 heavy (non-hydrogen) atoms. The van der Waals surface area contributed by atoms with Crippen LogP contribution in [0.2, 0.25) is 0 Å². The van der Waals surface area contributed by atoms with E-state index in [1.54, 1.807) is 0 Å². The van der Waals surface area contributed by atoms with Gasteiger partial charge in [0, 0.05) is 0 Å². The first-order valence-corrected chi connectivity index (χ1v) is 3.76. The minimum atomic E-state index is -0.695. The van der Waals surface area contributed by atoms with Gasteiger partial charge < -0.3 is 5.11 Å². The van der Waals surface area contributed by atoms with Gasteiger partial charge >= 0.3 is 0 Å². The molecule has 1 aliphatic carbocycles. The van der Waals surface area contributed by atoms with E-state index in [4.69, 9.17) is 11.6 Å². The largest absolute Gasteiger partial charge is 0.385 e. The van der Waals surface area contributed by atoms with Crippen LogP contribution < -0.4 is 0 Å². The van der Waals surface area contributed by atoms with Crippen molar-refractivity contribution >= 4 is 11.6 Å². The van der Waals surface area contributed by atoms with Gasteiger partial charge in [0.25, 0.3) is 0 Å². The number of allylic oxidation sites excluding steroid dienone is 1. The molecule has 0 heterocycles.